The summed E-state index contributed by atoms with van der Waals surface area (Å²) in [6.07, 6.45) is 2.80. The van der Waals surface area contributed by atoms with Crippen LogP contribution >= 0.6 is 11.6 Å². The molecule has 1 atom stereocenters. The van der Waals surface area contributed by atoms with Crippen molar-refractivity contribution < 1.29 is 4.79 Å². The molecule has 3 rings (SSSR count). The zero-order chi connectivity index (χ0) is 15.0. The maximum absolute atomic E-state index is 12.5. The van der Waals surface area contributed by atoms with Crippen molar-refractivity contribution >= 4 is 28.4 Å². The van der Waals surface area contributed by atoms with Crippen LogP contribution < -0.4 is 5.56 Å². The molecule has 1 saturated heterocycles. The van der Waals surface area contributed by atoms with E-state index in [0.29, 0.717) is 28.9 Å². The minimum absolute atomic E-state index is 0.102. The largest absolute Gasteiger partial charge is 0.341 e. The molecule has 1 fully saturated rings. The Kier molecular flexibility index (Phi) is 3.68. The highest BCUT2D eigenvalue weighted by Gasteiger charge is 2.30. The molecule has 0 spiro atoms. The Labute approximate surface area is 127 Å². The van der Waals surface area contributed by atoms with E-state index in [1.807, 2.05) is 11.8 Å². The Morgan fingerprint density at radius 3 is 2.95 bits per heavy atom. The van der Waals surface area contributed by atoms with Crippen LogP contribution in [-0.4, -0.2) is 33.4 Å². The fourth-order valence-electron chi connectivity index (χ4n) is 2.79. The average molecular weight is 306 g/mol. The fourth-order valence-corrected chi connectivity index (χ4v) is 2.96. The Balaban J connectivity index is 1.99. The van der Waals surface area contributed by atoms with Gasteiger partial charge in [0.05, 0.1) is 23.3 Å². The van der Waals surface area contributed by atoms with Crippen LogP contribution in [0.1, 0.15) is 25.8 Å². The van der Waals surface area contributed by atoms with Crippen molar-refractivity contribution in [2.75, 3.05) is 13.1 Å². The van der Waals surface area contributed by atoms with Gasteiger partial charge in [0, 0.05) is 24.5 Å². The molecule has 0 aliphatic carbocycles. The number of rotatable bonds is 3. The van der Waals surface area contributed by atoms with Gasteiger partial charge in [-0.15, -0.1) is 0 Å². The van der Waals surface area contributed by atoms with Crippen LogP contribution in [0.4, 0.5) is 0 Å². The molecular formula is C15H16ClN3O2. The molecule has 1 aliphatic heterocycles. The Morgan fingerprint density at radius 2 is 2.19 bits per heavy atom. The number of carbonyl (C=O) groups excluding carboxylic acids is 1. The number of nitrogens with zero attached hydrogens (tertiary/aromatic N) is 3. The molecule has 1 aliphatic rings. The van der Waals surface area contributed by atoms with Crippen LogP contribution in [-0.2, 0) is 4.79 Å². The predicted molar refractivity (Wildman–Crippen MR) is 81.5 cm³/mol. The fraction of sp³-hybridized carbons (Fsp3) is 0.400. The highest BCUT2D eigenvalue weighted by atomic mass is 35.5. The lowest BCUT2D eigenvalue weighted by molar-refractivity contribution is -0.127. The van der Waals surface area contributed by atoms with Crippen LogP contribution in [0, 0.1) is 0 Å². The van der Waals surface area contributed by atoms with Gasteiger partial charge >= 0.3 is 0 Å². The van der Waals surface area contributed by atoms with Crippen LogP contribution in [0.5, 0.6) is 0 Å². The second-order valence-corrected chi connectivity index (χ2v) is 5.75. The molecule has 5 nitrogen and oxygen atoms in total. The first-order chi connectivity index (χ1) is 10.1. The first-order valence-electron chi connectivity index (χ1n) is 7.04. The number of benzene rings is 1. The van der Waals surface area contributed by atoms with E-state index in [1.165, 1.54) is 6.33 Å². The van der Waals surface area contributed by atoms with Gasteiger partial charge in [-0.3, -0.25) is 14.2 Å². The maximum atomic E-state index is 12.5. The topological polar surface area (TPSA) is 55.2 Å². The second kappa shape index (κ2) is 5.48. The molecule has 21 heavy (non-hydrogen) atoms. The summed E-state index contributed by atoms with van der Waals surface area (Å²) in [5.41, 5.74) is 0.464. The van der Waals surface area contributed by atoms with Gasteiger partial charge in [0.2, 0.25) is 5.91 Å². The quantitative estimate of drug-likeness (QED) is 0.874. The second-order valence-electron chi connectivity index (χ2n) is 5.32. The molecule has 0 bridgehead atoms. The highest BCUT2D eigenvalue weighted by molar-refractivity contribution is 6.31. The van der Waals surface area contributed by atoms with Crippen LogP contribution in [0.2, 0.25) is 5.02 Å². The molecule has 1 aromatic heterocycles. The minimum Gasteiger partial charge on any atom is -0.341 e. The molecule has 6 heteroatoms. The van der Waals surface area contributed by atoms with Crippen molar-refractivity contribution in [3.63, 3.8) is 0 Å². The summed E-state index contributed by atoms with van der Waals surface area (Å²) < 4.78 is 1.57. The lowest BCUT2D eigenvalue weighted by atomic mass is 10.2. The van der Waals surface area contributed by atoms with Gasteiger partial charge in [-0.05, 0) is 24.6 Å². The number of likely N-dealkylation sites (tertiary alicyclic amines) is 1. The van der Waals surface area contributed by atoms with E-state index < -0.39 is 0 Å². The molecule has 2 heterocycles. The molecule has 0 unspecified atom stereocenters. The monoisotopic (exact) mass is 305 g/mol. The van der Waals surface area contributed by atoms with Crippen molar-refractivity contribution in [2.45, 2.75) is 25.8 Å². The number of hydrogen-bond donors (Lipinski definition) is 0. The molecule has 110 valence electrons. The van der Waals surface area contributed by atoms with Gasteiger partial charge in [0.1, 0.15) is 0 Å². The van der Waals surface area contributed by atoms with E-state index in [0.717, 1.165) is 13.0 Å². The van der Waals surface area contributed by atoms with Crippen molar-refractivity contribution in [2.24, 2.45) is 0 Å². The standard InChI is InChI=1S/C15H16ClN3O2/c1-2-5-18-8-11(7-14(18)20)19-9-17-13-6-10(16)3-4-12(13)15(19)21/h3-4,6,9,11H,2,5,7-8H2,1H3/t11-/m1/s1. The summed E-state index contributed by atoms with van der Waals surface area (Å²) in [5.74, 6) is 0.102. The zero-order valence-electron chi connectivity index (χ0n) is 11.8. The van der Waals surface area contributed by atoms with Gasteiger partial charge in [0.25, 0.3) is 5.56 Å². The van der Waals surface area contributed by atoms with Crippen molar-refractivity contribution in [3.05, 3.63) is 39.9 Å². The maximum Gasteiger partial charge on any atom is 0.261 e. The number of hydrogen-bond acceptors (Lipinski definition) is 3. The number of fused-ring (bicyclic) bond motifs is 1. The van der Waals surface area contributed by atoms with Crippen molar-refractivity contribution in [1.29, 1.82) is 0 Å². The van der Waals surface area contributed by atoms with E-state index in [-0.39, 0.29) is 17.5 Å². The average Bonchev–Trinajstić information content (AvgIpc) is 2.80. The first kappa shape index (κ1) is 14.1. The highest BCUT2D eigenvalue weighted by Crippen LogP contribution is 2.22. The molecule has 0 N–H and O–H groups in total. The van der Waals surface area contributed by atoms with Crippen LogP contribution in [0.25, 0.3) is 10.9 Å². The lowest BCUT2D eigenvalue weighted by Gasteiger charge is -2.16. The van der Waals surface area contributed by atoms with E-state index in [9.17, 15) is 9.59 Å². The smallest absolute Gasteiger partial charge is 0.261 e. The van der Waals surface area contributed by atoms with E-state index in [2.05, 4.69) is 4.98 Å². The van der Waals surface area contributed by atoms with Gasteiger partial charge in [-0.25, -0.2) is 4.98 Å². The molecule has 1 aromatic carbocycles. The van der Waals surface area contributed by atoms with Crippen LogP contribution in [0.15, 0.2) is 29.3 Å². The van der Waals surface area contributed by atoms with E-state index in [1.54, 1.807) is 22.8 Å². The molecular weight excluding hydrogens is 290 g/mol. The lowest BCUT2D eigenvalue weighted by Crippen LogP contribution is -2.29. The molecule has 2 aromatic rings. The molecule has 1 amide bonds. The number of amides is 1. The summed E-state index contributed by atoms with van der Waals surface area (Å²) >= 11 is 5.91. The molecule has 0 saturated carbocycles. The summed E-state index contributed by atoms with van der Waals surface area (Å²) in [4.78, 5) is 30.6. The zero-order valence-corrected chi connectivity index (χ0v) is 12.5. The Bertz CT molecular complexity index is 756. The Hall–Kier alpha value is -1.88. The van der Waals surface area contributed by atoms with Gasteiger partial charge < -0.3 is 4.90 Å². The Morgan fingerprint density at radius 1 is 1.38 bits per heavy atom. The summed E-state index contributed by atoms with van der Waals surface area (Å²) in [5, 5.41) is 1.08. The normalized spacial score (nSPS) is 18.7. The summed E-state index contributed by atoms with van der Waals surface area (Å²) in [7, 11) is 0. The SMILES string of the molecule is CCCN1C[C@H](n2cnc3cc(Cl)ccc3c2=O)CC1=O. The van der Waals surface area contributed by atoms with E-state index >= 15 is 0 Å². The number of carbonyl (C=O) groups is 1. The third kappa shape index (κ3) is 2.53. The van der Waals surface area contributed by atoms with Gasteiger partial charge in [-0.1, -0.05) is 18.5 Å². The third-order valence-electron chi connectivity index (χ3n) is 3.83. The van der Waals surface area contributed by atoms with Gasteiger partial charge in [-0.2, -0.15) is 0 Å². The summed E-state index contributed by atoms with van der Waals surface area (Å²) in [6, 6.07) is 4.90. The minimum atomic E-state index is -0.135. The van der Waals surface area contributed by atoms with Crippen molar-refractivity contribution in [3.8, 4) is 0 Å². The van der Waals surface area contributed by atoms with Gasteiger partial charge in [0.15, 0.2) is 0 Å². The van der Waals surface area contributed by atoms with E-state index in [4.69, 9.17) is 11.6 Å². The van der Waals surface area contributed by atoms with Crippen molar-refractivity contribution in [1.82, 2.24) is 14.5 Å². The number of aromatic nitrogens is 2. The first-order valence-corrected chi connectivity index (χ1v) is 7.42. The number of halogens is 1. The van der Waals surface area contributed by atoms with Crippen LogP contribution in [0.3, 0.4) is 0 Å². The predicted octanol–water partition coefficient (Wildman–Crippen LogP) is 2.23. The molecule has 0 radical (unpaired) electrons. The summed E-state index contributed by atoms with van der Waals surface area (Å²) in [6.45, 7) is 3.35. The third-order valence-corrected chi connectivity index (χ3v) is 4.06.